The highest BCUT2D eigenvalue weighted by atomic mass is 32.2. The highest BCUT2D eigenvalue weighted by Gasteiger charge is 2.47. The van der Waals surface area contributed by atoms with Gasteiger partial charge in [0.15, 0.2) is 17.7 Å². The fourth-order valence-electron chi connectivity index (χ4n) is 13.7. The van der Waals surface area contributed by atoms with Gasteiger partial charge in [-0.05, 0) is 140 Å². The van der Waals surface area contributed by atoms with Gasteiger partial charge in [-0.25, -0.2) is 32.7 Å². The van der Waals surface area contributed by atoms with E-state index < -0.39 is 193 Å². The molecular formula is C78H107N18O21PS2. The highest BCUT2D eigenvalue weighted by Crippen LogP contribution is 2.51. The summed E-state index contributed by atoms with van der Waals surface area (Å²) in [6, 6.07) is 16.1. The van der Waals surface area contributed by atoms with Gasteiger partial charge in [-0.1, -0.05) is 91.0 Å². The van der Waals surface area contributed by atoms with Crippen LogP contribution in [-0.4, -0.2) is 226 Å². The Morgan fingerprint density at radius 1 is 0.783 bits per heavy atom. The number of carboxylic acids is 1. The second-order valence-corrected chi connectivity index (χ2v) is 34.6. The number of nitrogens with two attached hydrogens (primary N) is 2. The maximum atomic E-state index is 15.1. The summed E-state index contributed by atoms with van der Waals surface area (Å²) in [5.74, 6) is -10.1. The van der Waals surface area contributed by atoms with Crippen molar-refractivity contribution >= 4 is 112 Å². The number of aliphatic carboxylic acids is 1. The maximum absolute atomic E-state index is 15.1. The number of imidazole rings is 1. The molecule has 120 heavy (non-hydrogen) atoms. The zero-order chi connectivity index (χ0) is 88.2. The average molecular weight is 1730 g/mol. The molecule has 1 saturated heterocycles. The van der Waals surface area contributed by atoms with Crippen molar-refractivity contribution in [2.75, 3.05) is 50.6 Å². The molecule has 8 rings (SSSR count). The van der Waals surface area contributed by atoms with Crippen molar-refractivity contribution in [1.82, 2.24) is 66.8 Å². The lowest BCUT2D eigenvalue weighted by Gasteiger charge is -2.37. The SMILES string of the molecule is CSCC[C@H](NC=O)C(=O)N[C@@H](CCCN=C(N)NS(=O)(=O)c1c(C)c(C)c2c(c1C)CC(C)(C)O2)C(=O)N[C@H](C(=O)NCC(=O)N[C@@H](CC(=O)NC(c1ccccc1)(c1ccccc1)c1ccccc1)C(=O)N[C@@H](C)C(=O)N[C@@H](CC(=O)O)C([O-])=NP(=O)(OCCC[NH3+])OC[C@H]1O[C@@H](n2cnc3c(N)ncnc32)[C@H](O)[C@@H]1O)[C@@H](C)OC(C)(C)C. The first-order chi connectivity index (χ1) is 56.7. The molecule has 8 amide bonds. The number of amides is 8. The number of rotatable bonds is 43. The lowest BCUT2D eigenvalue weighted by molar-refractivity contribution is -0.368. The summed E-state index contributed by atoms with van der Waals surface area (Å²) < 4.78 is 79.0. The van der Waals surface area contributed by atoms with Gasteiger partial charge in [0, 0.05) is 24.9 Å². The summed E-state index contributed by atoms with van der Waals surface area (Å²) in [5.41, 5.74) is 17.0. The van der Waals surface area contributed by atoms with Crippen molar-refractivity contribution in [3.05, 3.63) is 143 Å². The van der Waals surface area contributed by atoms with Gasteiger partial charge in [0.05, 0.1) is 68.1 Å². The number of carbonyl (C=O) groups is 9. The van der Waals surface area contributed by atoms with Gasteiger partial charge in [0.1, 0.15) is 77.3 Å². The predicted molar refractivity (Wildman–Crippen MR) is 439 cm³/mol. The van der Waals surface area contributed by atoms with E-state index in [1.165, 1.54) is 29.6 Å². The van der Waals surface area contributed by atoms with Gasteiger partial charge in [0.2, 0.25) is 53.7 Å². The molecule has 12 atom stereocenters. The van der Waals surface area contributed by atoms with Gasteiger partial charge < -0.3 is 94.4 Å². The number of aliphatic hydroxyl groups is 2. The second kappa shape index (κ2) is 42.0. The van der Waals surface area contributed by atoms with Gasteiger partial charge in [-0.3, -0.25) is 61.8 Å². The van der Waals surface area contributed by atoms with Crippen LogP contribution in [0.5, 0.6) is 5.75 Å². The molecule has 4 aromatic carbocycles. The molecule has 0 aliphatic carbocycles. The van der Waals surface area contributed by atoms with Gasteiger partial charge in [-0.2, -0.15) is 16.5 Å². The number of aliphatic hydroxyl groups excluding tert-OH is 2. The van der Waals surface area contributed by atoms with E-state index >= 15 is 4.79 Å². The van der Waals surface area contributed by atoms with Crippen LogP contribution in [0.2, 0.25) is 0 Å². The molecule has 2 aromatic heterocycles. The number of carboxylic acid groups (broad SMARTS) is 1. The predicted octanol–water partition coefficient (Wildman–Crippen LogP) is -0.124. The van der Waals surface area contributed by atoms with Crippen molar-refractivity contribution in [1.29, 1.82) is 0 Å². The lowest BCUT2D eigenvalue weighted by atomic mass is 9.77. The van der Waals surface area contributed by atoms with Gasteiger partial charge in [0.25, 0.3) is 10.0 Å². The van der Waals surface area contributed by atoms with Crippen LogP contribution in [0.3, 0.4) is 0 Å². The Hall–Kier alpha value is -10.7. The van der Waals surface area contributed by atoms with E-state index in [0.717, 1.165) is 18.8 Å². The summed E-state index contributed by atoms with van der Waals surface area (Å²) in [6.45, 7) is 14.2. The minimum atomic E-state index is -5.09. The number of anilines is 1. The highest BCUT2D eigenvalue weighted by molar-refractivity contribution is 7.98. The number of aliphatic imine (C=N–C) groups is 1. The van der Waals surface area contributed by atoms with E-state index in [1.807, 2.05) is 13.8 Å². The van der Waals surface area contributed by atoms with Crippen LogP contribution in [0.4, 0.5) is 5.82 Å². The Kier molecular flexibility index (Phi) is 33.1. The molecule has 42 heteroatoms. The minimum Gasteiger partial charge on any atom is -0.860 e. The van der Waals surface area contributed by atoms with E-state index in [0.29, 0.717) is 57.7 Å². The third kappa shape index (κ3) is 24.7. The number of nitrogens with zero attached hydrogens (tertiary/aromatic N) is 6. The molecule has 0 radical (unpaired) electrons. The van der Waals surface area contributed by atoms with Crippen molar-refractivity contribution < 1.29 is 106 Å². The van der Waals surface area contributed by atoms with E-state index in [2.05, 4.69) is 77.7 Å². The summed E-state index contributed by atoms with van der Waals surface area (Å²) in [5, 5.41) is 66.7. The number of carbonyl (C=O) groups excluding carboxylic acids is 8. The van der Waals surface area contributed by atoms with Crippen molar-refractivity contribution in [3.8, 4) is 5.75 Å². The fraction of sp³-hybridized carbons (Fsp3) is 0.487. The second-order valence-electron chi connectivity index (χ2n) is 30.4. The van der Waals surface area contributed by atoms with E-state index in [4.69, 9.17) is 34.7 Å². The first-order valence-corrected chi connectivity index (χ1v) is 42.9. The van der Waals surface area contributed by atoms with E-state index in [-0.39, 0.29) is 60.7 Å². The molecule has 0 bridgehead atoms. The van der Waals surface area contributed by atoms with Crippen LogP contribution in [0, 0.1) is 20.8 Å². The molecule has 2 aliphatic rings. The molecule has 0 spiro atoms. The van der Waals surface area contributed by atoms with E-state index in [9.17, 15) is 71.8 Å². The number of thioether (sulfide) groups is 1. The number of hydrogen-bond acceptors (Lipinski definition) is 26. The molecule has 0 saturated carbocycles. The number of fused-ring (bicyclic) bond motifs is 2. The molecule has 4 heterocycles. The van der Waals surface area contributed by atoms with Gasteiger partial charge >= 0.3 is 13.7 Å². The quantitative estimate of drug-likeness (QED) is 0.00592. The number of quaternary nitrogens is 1. The third-order valence-electron chi connectivity index (χ3n) is 19.6. The van der Waals surface area contributed by atoms with Crippen LogP contribution in [0.25, 0.3) is 11.2 Å². The molecule has 1 unspecified atom stereocenters. The van der Waals surface area contributed by atoms with Crippen LogP contribution < -0.4 is 74.3 Å². The molecule has 2 aliphatic heterocycles. The Morgan fingerprint density at radius 2 is 1.39 bits per heavy atom. The summed E-state index contributed by atoms with van der Waals surface area (Å²) in [4.78, 5) is 143. The largest absolute Gasteiger partial charge is 0.860 e. The lowest BCUT2D eigenvalue weighted by Crippen LogP contribution is -2.60. The standard InChI is InChI=1S/C78H107N18O21PS2/c1-43-44(2)65(45(3)51-37-77(9,10)117-64(43)51)120(111,112)95-75(81)82-32-21-29-53(90-69(105)52(87-42-97)30-34-119-11)70(106)92-60(47(5)116-76(6,7)8)73(109)83-38-58(99)89-54(35-57(98)93-78(48-23-15-12-16-24-48,49-25-17-13-18-26-49)50-27-19-14-20-28-50)71(107)88-46(4)68(104)91-55(36-59(100)101)72(108)94-118(110,113-33-22-31-79)114-39-56-62(102)63(103)74(115-56)96-41-86-61-66(80)84-40-85-67(61)96/h12-20,23-28,40-42,46-47,52-56,60,62-63,74,102-103H,21-22,29-39,79H2,1-11H3,(H,83,109)(H,87,97)(H,88,107)(H,89,99)(H,90,105)(H,91,104)(H,92,106)(H,93,98)(H,100,101)(H2,80,84,85)(H3,81,82,95)(H,94,108,110)/t46-,47+,52-,53-,54-,55-,56+,60-,62+,63+,74+,118?/m0/s1. The number of sulfonamides is 1. The number of guanidine groups is 1. The van der Waals surface area contributed by atoms with Crippen molar-refractivity contribution in [2.45, 2.75) is 203 Å². The van der Waals surface area contributed by atoms with Crippen molar-refractivity contribution in [2.24, 2.45) is 15.5 Å². The number of nitrogens with one attached hydrogen (secondary N) is 9. The van der Waals surface area contributed by atoms with E-state index in [1.54, 1.807) is 139 Å². The Morgan fingerprint density at radius 3 is 1.98 bits per heavy atom. The smallest absolute Gasteiger partial charge is 0.453 e. The zero-order valence-electron chi connectivity index (χ0n) is 68.4. The fourth-order valence-corrected chi connectivity index (χ4v) is 16.9. The molecule has 6 aromatic rings. The van der Waals surface area contributed by atoms with Crippen LogP contribution >= 0.6 is 19.5 Å². The number of hydrogen-bond donors (Lipinski definition) is 15. The molecule has 652 valence electrons. The van der Waals surface area contributed by atoms with Gasteiger partial charge in [-0.15, -0.1) is 0 Å². The average Bonchev–Trinajstić information content (AvgIpc) is 1.22. The number of benzene rings is 4. The zero-order valence-corrected chi connectivity index (χ0v) is 71.0. The maximum Gasteiger partial charge on any atom is 0.453 e. The Balaban J connectivity index is 1.04. The number of nitrogen functional groups attached to an aromatic ring is 1. The molecule has 1 fully saturated rings. The molecular weight excluding hydrogens is 1620 g/mol. The van der Waals surface area contributed by atoms with Crippen LogP contribution in [-0.2, 0) is 88.2 Å². The molecule has 19 N–H and O–H groups in total. The molecule has 39 nitrogen and oxygen atoms in total. The third-order valence-corrected chi connectivity index (χ3v) is 23.3. The first-order valence-electron chi connectivity index (χ1n) is 38.6. The minimum absolute atomic E-state index is 0.000953. The number of aromatic nitrogens is 4. The normalized spacial score (nSPS) is 18.3. The summed E-state index contributed by atoms with van der Waals surface area (Å²) in [7, 11) is -9.42. The summed E-state index contributed by atoms with van der Waals surface area (Å²) in [6.07, 6.45) is -4.79. The topological polar surface area (TPSA) is 591 Å². The Labute approximate surface area is 698 Å². The van der Waals surface area contributed by atoms with Crippen LogP contribution in [0.15, 0.2) is 118 Å². The monoisotopic (exact) mass is 1730 g/mol. The summed E-state index contributed by atoms with van der Waals surface area (Å²) >= 11 is 1.38. The van der Waals surface area contributed by atoms with Crippen molar-refractivity contribution in [3.63, 3.8) is 0 Å². The van der Waals surface area contributed by atoms with Crippen LogP contribution in [0.1, 0.15) is 132 Å². The Bertz CT molecular complexity index is 4770. The number of ether oxygens (including phenoxy) is 3. The first kappa shape index (κ1) is 94.7.